The third-order valence-electron chi connectivity index (χ3n) is 7.60. The number of halogens is 1. The largest absolute Gasteiger partial charge is 0.454 e. The lowest BCUT2D eigenvalue weighted by atomic mass is 9.64. The Labute approximate surface area is 217 Å². The van der Waals surface area contributed by atoms with Gasteiger partial charge in [-0.05, 0) is 60.0 Å². The minimum absolute atomic E-state index is 0.122. The fourth-order valence-corrected chi connectivity index (χ4v) is 6.17. The van der Waals surface area contributed by atoms with Crippen LogP contribution in [0.5, 0.6) is 17.2 Å². The fourth-order valence-electron chi connectivity index (χ4n) is 5.98. The molecule has 2 amide bonds. The zero-order chi connectivity index (χ0) is 25.4. The Bertz CT molecular complexity index is 1560. The van der Waals surface area contributed by atoms with Crippen LogP contribution in [0.4, 0.5) is 5.69 Å². The normalized spacial score (nSPS) is 25.3. The maximum atomic E-state index is 14.0. The number of carbonyl (C=O) groups excluding carboxylic acids is 3. The first-order chi connectivity index (χ1) is 17.9. The van der Waals surface area contributed by atoms with E-state index in [-0.39, 0.29) is 12.7 Å². The SMILES string of the molecule is Cc1ccc2c(c1)OC(=O)[C@@H]1C2=C[C@H](c2ccc3c(c2)OCO3)[C@H]2C(=O)N(c3cccc(Cl)c3)C(=O)[C@H]12. The van der Waals surface area contributed by atoms with Crippen LogP contribution in [-0.2, 0) is 14.4 Å². The van der Waals surface area contributed by atoms with Gasteiger partial charge in [0, 0.05) is 16.5 Å². The van der Waals surface area contributed by atoms with Crippen LogP contribution in [0, 0.1) is 24.7 Å². The highest BCUT2D eigenvalue weighted by Crippen LogP contribution is 2.55. The molecule has 37 heavy (non-hydrogen) atoms. The Morgan fingerprint density at radius 2 is 1.68 bits per heavy atom. The average molecular weight is 514 g/mol. The molecule has 3 aromatic rings. The van der Waals surface area contributed by atoms with Gasteiger partial charge < -0.3 is 14.2 Å². The molecule has 0 unspecified atom stereocenters. The Kier molecular flexibility index (Phi) is 4.75. The summed E-state index contributed by atoms with van der Waals surface area (Å²) in [5, 5.41) is 0.403. The van der Waals surface area contributed by atoms with Crippen molar-refractivity contribution in [3.05, 3.63) is 88.5 Å². The fraction of sp³-hybridized carbons (Fsp3) is 0.207. The topological polar surface area (TPSA) is 82.1 Å². The van der Waals surface area contributed by atoms with Gasteiger partial charge >= 0.3 is 5.97 Å². The lowest BCUT2D eigenvalue weighted by molar-refractivity contribution is -0.142. The molecular weight excluding hydrogens is 494 g/mol. The third-order valence-corrected chi connectivity index (χ3v) is 7.83. The van der Waals surface area contributed by atoms with Crippen molar-refractivity contribution >= 4 is 40.6 Å². The summed E-state index contributed by atoms with van der Waals surface area (Å²) >= 11 is 6.19. The number of allylic oxidation sites excluding steroid dienone is 1. The van der Waals surface area contributed by atoms with Gasteiger partial charge in [0.2, 0.25) is 18.6 Å². The van der Waals surface area contributed by atoms with Crippen molar-refractivity contribution in [3.63, 3.8) is 0 Å². The van der Waals surface area contributed by atoms with Crippen molar-refractivity contribution in [2.45, 2.75) is 12.8 Å². The van der Waals surface area contributed by atoms with E-state index in [1.54, 1.807) is 30.3 Å². The number of carbonyl (C=O) groups is 3. The quantitative estimate of drug-likeness (QED) is 0.275. The van der Waals surface area contributed by atoms with Gasteiger partial charge in [0.25, 0.3) is 0 Å². The molecule has 3 aliphatic heterocycles. The molecule has 8 heteroatoms. The van der Waals surface area contributed by atoms with Crippen LogP contribution in [0.2, 0.25) is 5.02 Å². The van der Waals surface area contributed by atoms with E-state index in [0.29, 0.717) is 33.5 Å². The zero-order valence-corrected chi connectivity index (χ0v) is 20.4. The highest BCUT2D eigenvalue weighted by molar-refractivity contribution is 6.31. The maximum Gasteiger partial charge on any atom is 0.319 e. The van der Waals surface area contributed by atoms with Crippen molar-refractivity contribution in [3.8, 4) is 17.2 Å². The van der Waals surface area contributed by atoms with Gasteiger partial charge in [0.1, 0.15) is 5.75 Å². The summed E-state index contributed by atoms with van der Waals surface area (Å²) in [7, 11) is 0. The first kappa shape index (κ1) is 22.1. The lowest BCUT2D eigenvalue weighted by Gasteiger charge is -2.38. The van der Waals surface area contributed by atoms with Crippen LogP contribution >= 0.6 is 11.6 Å². The molecule has 4 aliphatic rings. The van der Waals surface area contributed by atoms with Crippen LogP contribution in [0.25, 0.3) is 5.57 Å². The highest BCUT2D eigenvalue weighted by Gasteiger charge is 2.60. The molecule has 0 radical (unpaired) electrons. The van der Waals surface area contributed by atoms with Gasteiger partial charge in [0.15, 0.2) is 11.5 Å². The van der Waals surface area contributed by atoms with Crippen molar-refractivity contribution in [2.75, 3.05) is 11.7 Å². The number of fused-ring (bicyclic) bond motifs is 6. The van der Waals surface area contributed by atoms with Crippen LogP contribution < -0.4 is 19.1 Å². The van der Waals surface area contributed by atoms with Crippen molar-refractivity contribution in [2.24, 2.45) is 17.8 Å². The molecule has 0 N–H and O–H groups in total. The summed E-state index contributed by atoms with van der Waals surface area (Å²) in [5.41, 5.74) is 3.57. The lowest BCUT2D eigenvalue weighted by Crippen LogP contribution is -2.42. The molecule has 0 saturated carbocycles. The number of anilines is 1. The van der Waals surface area contributed by atoms with Crippen molar-refractivity contribution in [1.29, 1.82) is 0 Å². The number of ether oxygens (including phenoxy) is 3. The summed E-state index contributed by atoms with van der Waals surface area (Å²) in [5.74, 6) is -2.79. The number of amides is 2. The average Bonchev–Trinajstić information content (AvgIpc) is 3.45. The first-order valence-corrected chi connectivity index (χ1v) is 12.4. The molecule has 0 aromatic heterocycles. The predicted octanol–water partition coefficient (Wildman–Crippen LogP) is 4.90. The van der Waals surface area contributed by atoms with Gasteiger partial charge in [-0.25, -0.2) is 4.90 Å². The van der Waals surface area contributed by atoms with E-state index in [9.17, 15) is 14.4 Å². The monoisotopic (exact) mass is 513 g/mol. The van der Waals surface area contributed by atoms with E-state index in [2.05, 4.69) is 0 Å². The van der Waals surface area contributed by atoms with E-state index in [0.717, 1.165) is 21.6 Å². The summed E-state index contributed by atoms with van der Waals surface area (Å²) < 4.78 is 16.8. The van der Waals surface area contributed by atoms with E-state index in [4.69, 9.17) is 25.8 Å². The van der Waals surface area contributed by atoms with E-state index in [1.807, 2.05) is 43.3 Å². The van der Waals surface area contributed by atoms with Crippen molar-refractivity contribution < 1.29 is 28.6 Å². The number of benzene rings is 3. The Morgan fingerprint density at radius 3 is 2.51 bits per heavy atom. The maximum absolute atomic E-state index is 14.0. The second kappa shape index (κ2) is 7.95. The Morgan fingerprint density at radius 1 is 0.865 bits per heavy atom. The summed E-state index contributed by atoms with van der Waals surface area (Å²) in [6, 6.07) is 17.8. The predicted molar refractivity (Wildman–Crippen MR) is 135 cm³/mol. The molecule has 0 spiro atoms. The number of aryl methyl sites for hydroxylation is 1. The molecule has 1 saturated heterocycles. The molecule has 3 aromatic carbocycles. The van der Waals surface area contributed by atoms with Gasteiger partial charge in [-0.3, -0.25) is 14.4 Å². The third kappa shape index (κ3) is 3.23. The summed E-state index contributed by atoms with van der Waals surface area (Å²) in [4.78, 5) is 42.5. The smallest absolute Gasteiger partial charge is 0.319 e. The van der Waals surface area contributed by atoms with Crippen LogP contribution in [0.1, 0.15) is 22.6 Å². The van der Waals surface area contributed by atoms with Gasteiger partial charge in [-0.2, -0.15) is 0 Å². The van der Waals surface area contributed by atoms with Gasteiger partial charge in [-0.15, -0.1) is 0 Å². The molecule has 184 valence electrons. The number of esters is 1. The molecule has 3 heterocycles. The van der Waals surface area contributed by atoms with Crippen LogP contribution in [-0.4, -0.2) is 24.6 Å². The van der Waals surface area contributed by atoms with Gasteiger partial charge in [-0.1, -0.05) is 41.9 Å². The molecule has 7 rings (SSSR count). The Balaban J connectivity index is 1.43. The van der Waals surface area contributed by atoms with Gasteiger partial charge in [0.05, 0.1) is 23.4 Å². The molecule has 7 nitrogen and oxygen atoms in total. The van der Waals surface area contributed by atoms with E-state index >= 15 is 0 Å². The first-order valence-electron chi connectivity index (χ1n) is 12.0. The van der Waals surface area contributed by atoms with Crippen LogP contribution in [0.15, 0.2) is 66.7 Å². The van der Waals surface area contributed by atoms with E-state index in [1.165, 1.54) is 0 Å². The van der Waals surface area contributed by atoms with Crippen molar-refractivity contribution in [1.82, 2.24) is 0 Å². The Hall–Kier alpha value is -4.10. The number of hydrogen-bond acceptors (Lipinski definition) is 6. The molecule has 1 fully saturated rings. The summed E-state index contributed by atoms with van der Waals surface area (Å²) in [6.07, 6.45) is 1.95. The number of rotatable bonds is 2. The molecule has 1 aliphatic carbocycles. The minimum Gasteiger partial charge on any atom is -0.454 e. The second-order valence-corrected chi connectivity index (χ2v) is 10.1. The molecule has 0 bridgehead atoms. The molecule has 4 atom stereocenters. The minimum atomic E-state index is -0.927. The van der Waals surface area contributed by atoms with Crippen LogP contribution in [0.3, 0.4) is 0 Å². The second-order valence-electron chi connectivity index (χ2n) is 9.70. The van der Waals surface area contributed by atoms with E-state index < -0.39 is 35.5 Å². The highest BCUT2D eigenvalue weighted by atomic mass is 35.5. The number of imide groups is 1. The zero-order valence-electron chi connectivity index (χ0n) is 19.6. The molecular formula is C29H20ClNO6. The summed E-state index contributed by atoms with van der Waals surface area (Å²) in [6.45, 7) is 2.04. The number of hydrogen-bond donors (Lipinski definition) is 0. The number of nitrogens with zero attached hydrogens (tertiary/aromatic N) is 1. The standard InChI is InChI=1S/C29H20ClNO6/c1-14-5-7-18-20-12-19(15-6-8-21-23(10-15)36-13-35-21)24-26(25(20)29(34)37-22(18)9-14)28(33)31(27(24)32)17-4-2-3-16(30)11-17/h2-12,19,24-26H,13H2,1H3/t19-,24-,25-,26+/m1/s1.